The Morgan fingerprint density at radius 3 is 2.87 bits per heavy atom. The predicted molar refractivity (Wildman–Crippen MR) is 56.6 cm³/mol. The van der Waals surface area contributed by atoms with E-state index < -0.39 is 0 Å². The lowest BCUT2D eigenvalue weighted by Crippen LogP contribution is -2.47. The van der Waals surface area contributed by atoms with Crippen molar-refractivity contribution in [1.29, 1.82) is 0 Å². The molecule has 1 spiro atoms. The van der Waals surface area contributed by atoms with Crippen LogP contribution in [0.5, 0.6) is 0 Å². The van der Waals surface area contributed by atoms with Crippen LogP contribution in [0.15, 0.2) is 0 Å². The molecule has 1 heterocycles. The summed E-state index contributed by atoms with van der Waals surface area (Å²) in [6, 6.07) is 0. The van der Waals surface area contributed by atoms with Crippen LogP contribution in [0.2, 0.25) is 0 Å². The summed E-state index contributed by atoms with van der Waals surface area (Å²) in [7, 11) is 0. The third-order valence-corrected chi connectivity index (χ3v) is 3.79. The van der Waals surface area contributed by atoms with E-state index in [0.717, 1.165) is 32.3 Å². The Morgan fingerprint density at radius 2 is 2.27 bits per heavy atom. The second-order valence-corrected chi connectivity index (χ2v) is 4.87. The molecular weight excluding hydrogens is 192 g/mol. The maximum absolute atomic E-state index is 11.8. The van der Waals surface area contributed by atoms with Crippen LogP contribution in [0.25, 0.3) is 0 Å². The molecule has 0 radical (unpaired) electrons. The fourth-order valence-corrected chi connectivity index (χ4v) is 2.68. The van der Waals surface area contributed by atoms with Gasteiger partial charge in [0.25, 0.3) is 0 Å². The molecule has 0 aromatic rings. The van der Waals surface area contributed by atoms with E-state index in [-0.39, 0.29) is 18.1 Å². The number of ether oxygens (including phenoxy) is 1. The minimum absolute atomic E-state index is 0.0673. The molecule has 1 aliphatic carbocycles. The third kappa shape index (κ3) is 2.40. The van der Waals surface area contributed by atoms with Gasteiger partial charge in [0.2, 0.25) is 0 Å². The number of rotatable bonds is 4. The Hall–Kier alpha value is -0.410. The molecule has 0 aromatic heterocycles. The molecule has 1 aliphatic heterocycles. The molecule has 15 heavy (non-hydrogen) atoms. The van der Waals surface area contributed by atoms with Crippen molar-refractivity contribution in [3.8, 4) is 0 Å². The summed E-state index contributed by atoms with van der Waals surface area (Å²) in [4.78, 5) is 11.8. The van der Waals surface area contributed by atoms with Crippen LogP contribution in [0.4, 0.5) is 0 Å². The van der Waals surface area contributed by atoms with Crippen LogP contribution >= 0.6 is 0 Å². The summed E-state index contributed by atoms with van der Waals surface area (Å²) in [5.41, 5.74) is 0.0673. The minimum atomic E-state index is 0.0673. The Morgan fingerprint density at radius 1 is 1.47 bits per heavy atom. The second kappa shape index (κ2) is 4.62. The van der Waals surface area contributed by atoms with Gasteiger partial charge in [0.15, 0.2) is 0 Å². The molecule has 1 atom stereocenters. The van der Waals surface area contributed by atoms with Crippen LogP contribution < -0.4 is 0 Å². The fraction of sp³-hybridized carbons (Fsp3) is 0.917. The molecule has 2 rings (SSSR count). The van der Waals surface area contributed by atoms with Crippen LogP contribution in [-0.4, -0.2) is 29.7 Å². The molecule has 2 fully saturated rings. The summed E-state index contributed by atoms with van der Waals surface area (Å²) < 4.78 is 5.78. The normalized spacial score (nSPS) is 28.7. The molecule has 2 aliphatic rings. The standard InChI is InChI=1S/C12H20O3/c13-7-1-3-11(14)10-4-8-15-12(9-10)5-2-6-12/h10,13H,1-9H2. The van der Waals surface area contributed by atoms with Gasteiger partial charge in [-0.1, -0.05) is 0 Å². The highest BCUT2D eigenvalue weighted by Gasteiger charge is 2.43. The van der Waals surface area contributed by atoms with Gasteiger partial charge in [-0.15, -0.1) is 0 Å². The Labute approximate surface area is 90.8 Å². The Bertz CT molecular complexity index is 233. The molecular formula is C12H20O3. The van der Waals surface area contributed by atoms with Gasteiger partial charge in [0, 0.05) is 25.6 Å². The van der Waals surface area contributed by atoms with Crippen LogP contribution in [-0.2, 0) is 9.53 Å². The van der Waals surface area contributed by atoms with Gasteiger partial charge >= 0.3 is 0 Å². The van der Waals surface area contributed by atoms with Crippen LogP contribution in [0, 0.1) is 5.92 Å². The zero-order valence-corrected chi connectivity index (χ0v) is 9.21. The Balaban J connectivity index is 1.84. The lowest BCUT2D eigenvalue weighted by Gasteiger charge is -2.46. The topological polar surface area (TPSA) is 46.5 Å². The van der Waals surface area contributed by atoms with Gasteiger partial charge in [0.05, 0.1) is 5.60 Å². The summed E-state index contributed by atoms with van der Waals surface area (Å²) in [5.74, 6) is 0.532. The summed E-state index contributed by atoms with van der Waals surface area (Å²) in [6.45, 7) is 0.871. The van der Waals surface area contributed by atoms with Crippen molar-refractivity contribution < 1.29 is 14.6 Å². The lowest BCUT2D eigenvalue weighted by atomic mass is 9.71. The number of carbonyl (C=O) groups excluding carboxylic acids is 1. The van der Waals surface area contributed by atoms with Gasteiger partial charge in [0.1, 0.15) is 5.78 Å². The van der Waals surface area contributed by atoms with E-state index in [1.807, 2.05) is 0 Å². The average molecular weight is 212 g/mol. The third-order valence-electron chi connectivity index (χ3n) is 3.79. The van der Waals surface area contributed by atoms with Crippen LogP contribution in [0.1, 0.15) is 44.9 Å². The van der Waals surface area contributed by atoms with Crippen molar-refractivity contribution in [2.24, 2.45) is 5.92 Å². The predicted octanol–water partition coefficient (Wildman–Crippen LogP) is 1.68. The van der Waals surface area contributed by atoms with Crippen LogP contribution in [0.3, 0.4) is 0 Å². The van der Waals surface area contributed by atoms with Gasteiger partial charge in [-0.2, -0.15) is 0 Å². The molecule has 0 bridgehead atoms. The first-order chi connectivity index (χ1) is 7.26. The number of Topliss-reactive ketones (excluding diaryl/α,β-unsaturated/α-hetero) is 1. The maximum Gasteiger partial charge on any atom is 0.136 e. The van der Waals surface area contributed by atoms with E-state index in [0.29, 0.717) is 18.6 Å². The summed E-state index contributed by atoms with van der Waals surface area (Å²) in [5, 5.41) is 8.70. The van der Waals surface area contributed by atoms with Gasteiger partial charge in [-0.3, -0.25) is 4.79 Å². The smallest absolute Gasteiger partial charge is 0.136 e. The van der Waals surface area contributed by atoms with Crippen molar-refractivity contribution in [1.82, 2.24) is 0 Å². The van der Waals surface area contributed by atoms with Gasteiger partial charge in [-0.05, 0) is 38.5 Å². The second-order valence-electron chi connectivity index (χ2n) is 4.87. The van der Waals surface area contributed by atoms with E-state index in [2.05, 4.69) is 0 Å². The van der Waals surface area contributed by atoms with Crippen molar-refractivity contribution in [2.75, 3.05) is 13.2 Å². The number of carbonyl (C=O) groups is 1. The van der Waals surface area contributed by atoms with Crippen molar-refractivity contribution >= 4 is 5.78 Å². The minimum Gasteiger partial charge on any atom is -0.396 e. The quantitative estimate of drug-likeness (QED) is 0.771. The number of aliphatic hydroxyl groups is 1. The number of aliphatic hydroxyl groups excluding tert-OH is 1. The zero-order valence-electron chi connectivity index (χ0n) is 9.21. The highest BCUT2D eigenvalue weighted by Crippen LogP contribution is 2.44. The van der Waals surface area contributed by atoms with E-state index >= 15 is 0 Å². The fourth-order valence-electron chi connectivity index (χ4n) is 2.68. The molecule has 3 nitrogen and oxygen atoms in total. The number of ketones is 1. The molecule has 1 saturated carbocycles. The molecule has 1 N–H and O–H groups in total. The van der Waals surface area contributed by atoms with E-state index in [4.69, 9.17) is 9.84 Å². The van der Waals surface area contributed by atoms with E-state index in [1.54, 1.807) is 0 Å². The molecule has 1 saturated heterocycles. The lowest BCUT2D eigenvalue weighted by molar-refractivity contribution is -0.155. The molecule has 0 amide bonds. The largest absolute Gasteiger partial charge is 0.396 e. The zero-order chi connectivity index (χ0) is 10.7. The molecule has 1 unspecified atom stereocenters. The van der Waals surface area contributed by atoms with Crippen molar-refractivity contribution in [3.05, 3.63) is 0 Å². The van der Waals surface area contributed by atoms with E-state index in [1.165, 1.54) is 6.42 Å². The number of hydrogen-bond donors (Lipinski definition) is 1. The average Bonchev–Trinajstić information content (AvgIpc) is 2.24. The van der Waals surface area contributed by atoms with Gasteiger partial charge in [-0.25, -0.2) is 0 Å². The first-order valence-electron chi connectivity index (χ1n) is 6.03. The highest BCUT2D eigenvalue weighted by atomic mass is 16.5. The van der Waals surface area contributed by atoms with Gasteiger partial charge < -0.3 is 9.84 Å². The maximum atomic E-state index is 11.8. The SMILES string of the molecule is O=C(CCCO)C1CCOC2(CCC2)C1. The first-order valence-corrected chi connectivity index (χ1v) is 6.03. The molecule has 86 valence electrons. The summed E-state index contributed by atoms with van der Waals surface area (Å²) >= 11 is 0. The number of hydrogen-bond acceptors (Lipinski definition) is 3. The first kappa shape index (κ1) is 11.1. The molecule has 0 aromatic carbocycles. The molecule has 3 heteroatoms. The summed E-state index contributed by atoms with van der Waals surface area (Å²) in [6.07, 6.45) is 6.48. The Kier molecular flexibility index (Phi) is 3.42. The van der Waals surface area contributed by atoms with E-state index in [9.17, 15) is 4.79 Å². The van der Waals surface area contributed by atoms with Crippen molar-refractivity contribution in [2.45, 2.75) is 50.5 Å². The monoisotopic (exact) mass is 212 g/mol. The highest BCUT2D eigenvalue weighted by molar-refractivity contribution is 5.81. The van der Waals surface area contributed by atoms with Crippen molar-refractivity contribution in [3.63, 3.8) is 0 Å².